The normalized spacial score (nSPS) is 14.0. The Morgan fingerprint density at radius 3 is 2.42 bits per heavy atom. The molecule has 0 amide bonds. The predicted molar refractivity (Wildman–Crippen MR) is 55.9 cm³/mol. The van der Waals surface area contributed by atoms with Crippen molar-refractivity contribution in [3.63, 3.8) is 0 Å². The molecule has 0 aliphatic heterocycles. The van der Waals surface area contributed by atoms with Crippen molar-refractivity contribution in [2.45, 2.75) is 40.5 Å². The van der Waals surface area contributed by atoms with Gasteiger partial charge in [0.25, 0.3) is 0 Å². The lowest BCUT2D eigenvalue weighted by Crippen LogP contribution is -2.09. The van der Waals surface area contributed by atoms with Gasteiger partial charge in [0.2, 0.25) is 0 Å². The van der Waals surface area contributed by atoms with Crippen LogP contribution in [0.5, 0.6) is 0 Å². The maximum atomic E-state index is 5.52. The fourth-order valence-corrected chi connectivity index (χ4v) is 0.918. The van der Waals surface area contributed by atoms with Crippen LogP contribution in [0.15, 0.2) is 18.2 Å². The molecule has 0 fully saturated rings. The maximum absolute atomic E-state index is 5.52. The highest BCUT2D eigenvalue weighted by molar-refractivity contribution is 4.95. The van der Waals surface area contributed by atoms with Gasteiger partial charge in [-0.1, -0.05) is 45.6 Å². The Labute approximate surface area is 77.4 Å². The molecule has 69 valence electrons. The van der Waals surface area contributed by atoms with Gasteiger partial charge in [0.1, 0.15) is 0 Å². The van der Waals surface area contributed by atoms with E-state index in [-0.39, 0.29) is 5.41 Å². The Hall–Kier alpha value is -0.520. The minimum absolute atomic E-state index is 0.170. The average molecular weight is 165 g/mol. The third-order valence-corrected chi connectivity index (χ3v) is 2.51. The summed E-state index contributed by atoms with van der Waals surface area (Å²) in [6.45, 7) is 18.1. The maximum Gasteiger partial charge on any atom is -0.0172 e. The van der Waals surface area contributed by atoms with E-state index in [0.29, 0.717) is 5.92 Å². The largest absolute Gasteiger partial charge is 0.0999 e. The molecule has 0 aromatic carbocycles. The van der Waals surface area contributed by atoms with Crippen LogP contribution in [0.3, 0.4) is 0 Å². The number of rotatable bonds is 5. The predicted octanol–water partition coefficient (Wildman–Crippen LogP) is 3.99. The van der Waals surface area contributed by atoms with E-state index in [1.54, 1.807) is 6.08 Å². The molecule has 0 N–H and O–H groups in total. The molecule has 0 bridgehead atoms. The molecule has 0 heterocycles. The van der Waals surface area contributed by atoms with Crippen molar-refractivity contribution < 1.29 is 0 Å². The summed E-state index contributed by atoms with van der Waals surface area (Å²) in [5.41, 5.74) is 1.44. The van der Waals surface area contributed by atoms with Crippen LogP contribution in [0, 0.1) is 17.9 Å². The van der Waals surface area contributed by atoms with Crippen molar-refractivity contribution in [3.8, 4) is 0 Å². The summed E-state index contributed by atoms with van der Waals surface area (Å²) in [4.78, 5) is 0. The molecule has 12 heavy (non-hydrogen) atoms. The fourth-order valence-electron chi connectivity index (χ4n) is 0.918. The molecule has 0 aromatic rings. The lowest BCUT2D eigenvalue weighted by atomic mass is 9.84. The van der Waals surface area contributed by atoms with Crippen molar-refractivity contribution >= 4 is 0 Å². The van der Waals surface area contributed by atoms with Gasteiger partial charge in [-0.05, 0) is 31.1 Å². The molecule has 0 saturated carbocycles. The first kappa shape index (κ1) is 11.5. The molecule has 0 aromatic heterocycles. The quantitative estimate of drug-likeness (QED) is 0.540. The summed E-state index contributed by atoms with van der Waals surface area (Å²) in [7, 11) is 0. The van der Waals surface area contributed by atoms with Gasteiger partial charge in [-0.2, -0.15) is 0 Å². The van der Waals surface area contributed by atoms with Crippen LogP contribution in [0.4, 0.5) is 0 Å². The zero-order chi connectivity index (χ0) is 9.78. The van der Waals surface area contributed by atoms with Gasteiger partial charge in [-0.15, -0.1) is 0 Å². The lowest BCUT2D eigenvalue weighted by molar-refractivity contribution is 0.391. The molecule has 0 saturated heterocycles. The van der Waals surface area contributed by atoms with Crippen molar-refractivity contribution in [2.75, 3.05) is 0 Å². The first-order valence-corrected chi connectivity index (χ1v) is 4.60. The minimum Gasteiger partial charge on any atom is -0.0999 e. The van der Waals surface area contributed by atoms with E-state index >= 15 is 0 Å². The van der Waals surface area contributed by atoms with Crippen LogP contribution in [0.1, 0.15) is 40.5 Å². The van der Waals surface area contributed by atoms with Gasteiger partial charge in [-0.3, -0.25) is 0 Å². The summed E-state index contributed by atoms with van der Waals surface area (Å²) in [6.07, 6.45) is 4.10. The second kappa shape index (κ2) is 4.49. The number of hydrogen-bond donors (Lipinski definition) is 0. The van der Waals surface area contributed by atoms with Crippen LogP contribution in [0.25, 0.3) is 0 Å². The van der Waals surface area contributed by atoms with Crippen LogP contribution < -0.4 is 0 Å². The van der Waals surface area contributed by atoms with E-state index in [0.717, 1.165) is 6.42 Å². The zero-order valence-electron chi connectivity index (χ0n) is 8.85. The third-order valence-electron chi connectivity index (χ3n) is 2.51. The molecule has 0 rings (SSSR count). The molecule has 1 unspecified atom stereocenters. The first-order valence-electron chi connectivity index (χ1n) is 4.60. The standard InChI is InChI=1S/C12H21/c1-7-12(5,6)9-8-11(4)10(2)3/h1,7,11H,2,8-9H2,3-6H3. The minimum atomic E-state index is 0.170. The monoisotopic (exact) mass is 165 g/mol. The highest BCUT2D eigenvalue weighted by Gasteiger charge is 2.14. The molecule has 1 atom stereocenters. The van der Waals surface area contributed by atoms with E-state index in [9.17, 15) is 0 Å². The fraction of sp³-hybridized carbons (Fsp3) is 0.667. The van der Waals surface area contributed by atoms with Gasteiger partial charge in [0, 0.05) is 0 Å². The Kier molecular flexibility index (Phi) is 4.30. The summed E-state index contributed by atoms with van der Waals surface area (Å²) in [5.74, 6) is 0.615. The first-order chi connectivity index (χ1) is 5.39. The van der Waals surface area contributed by atoms with Crippen molar-refractivity contribution in [1.29, 1.82) is 0 Å². The molecule has 0 heteroatoms. The van der Waals surface area contributed by atoms with Crippen molar-refractivity contribution in [1.82, 2.24) is 0 Å². The van der Waals surface area contributed by atoms with E-state index in [4.69, 9.17) is 6.58 Å². The third kappa shape index (κ3) is 4.38. The SMILES string of the molecule is [CH]=CC(C)(C)CCC(C)C(=C)C. The average Bonchev–Trinajstić information content (AvgIpc) is 2.00. The van der Waals surface area contributed by atoms with Gasteiger partial charge in [-0.25, -0.2) is 0 Å². The van der Waals surface area contributed by atoms with Crippen LogP contribution >= 0.6 is 0 Å². The van der Waals surface area contributed by atoms with E-state index in [1.165, 1.54) is 12.0 Å². The highest BCUT2D eigenvalue weighted by atomic mass is 14.2. The second-order valence-electron chi connectivity index (χ2n) is 4.44. The Morgan fingerprint density at radius 1 is 1.58 bits per heavy atom. The molecule has 0 aliphatic rings. The molecular weight excluding hydrogens is 144 g/mol. The Morgan fingerprint density at radius 2 is 2.08 bits per heavy atom. The van der Waals surface area contributed by atoms with Crippen LogP contribution in [0.2, 0.25) is 0 Å². The molecule has 0 nitrogen and oxygen atoms in total. The zero-order valence-corrected chi connectivity index (χ0v) is 8.85. The Balaban J connectivity index is 3.83. The highest BCUT2D eigenvalue weighted by Crippen LogP contribution is 2.27. The topological polar surface area (TPSA) is 0 Å². The lowest BCUT2D eigenvalue weighted by Gasteiger charge is -2.21. The van der Waals surface area contributed by atoms with Crippen molar-refractivity contribution in [2.24, 2.45) is 11.3 Å². The van der Waals surface area contributed by atoms with Gasteiger partial charge in [0.05, 0.1) is 0 Å². The molecule has 1 radical (unpaired) electrons. The number of allylic oxidation sites excluding steroid dienone is 2. The van der Waals surface area contributed by atoms with Crippen LogP contribution in [-0.4, -0.2) is 0 Å². The van der Waals surface area contributed by atoms with Crippen LogP contribution in [-0.2, 0) is 0 Å². The molecular formula is C12H21. The molecule has 0 aliphatic carbocycles. The van der Waals surface area contributed by atoms with Gasteiger partial charge in [0.15, 0.2) is 0 Å². The Bertz CT molecular complexity index is 163. The molecule has 0 spiro atoms. The number of hydrogen-bond acceptors (Lipinski definition) is 0. The second-order valence-corrected chi connectivity index (χ2v) is 4.44. The summed E-state index contributed by atoms with van der Waals surface area (Å²) < 4.78 is 0. The summed E-state index contributed by atoms with van der Waals surface area (Å²) in [5, 5.41) is 0. The van der Waals surface area contributed by atoms with Gasteiger partial charge >= 0.3 is 0 Å². The smallest absolute Gasteiger partial charge is 0.0172 e. The summed E-state index contributed by atoms with van der Waals surface area (Å²) >= 11 is 0. The van der Waals surface area contributed by atoms with Gasteiger partial charge < -0.3 is 0 Å². The van der Waals surface area contributed by atoms with E-state index < -0.39 is 0 Å². The van der Waals surface area contributed by atoms with E-state index in [2.05, 4.69) is 34.3 Å². The summed E-state index contributed by atoms with van der Waals surface area (Å²) in [6, 6.07) is 0. The van der Waals surface area contributed by atoms with Crippen molar-refractivity contribution in [3.05, 3.63) is 24.8 Å². The van der Waals surface area contributed by atoms with E-state index in [1.807, 2.05) is 0 Å².